The van der Waals surface area contributed by atoms with Gasteiger partial charge in [-0.1, -0.05) is 32.9 Å². The summed E-state index contributed by atoms with van der Waals surface area (Å²) in [5.41, 5.74) is 1.03. The molecule has 0 spiro atoms. The van der Waals surface area contributed by atoms with Gasteiger partial charge in [-0.2, -0.15) is 5.10 Å². The van der Waals surface area contributed by atoms with Crippen molar-refractivity contribution in [3.8, 4) is 11.4 Å². The van der Waals surface area contributed by atoms with Gasteiger partial charge in [0.25, 0.3) is 5.43 Å². The van der Waals surface area contributed by atoms with Gasteiger partial charge >= 0.3 is 0 Å². The van der Waals surface area contributed by atoms with E-state index in [1.165, 1.54) is 17.8 Å². The van der Waals surface area contributed by atoms with Crippen molar-refractivity contribution in [2.45, 2.75) is 40.5 Å². The number of nitrogens with zero attached hydrogens (tertiary/aromatic N) is 3. The van der Waals surface area contributed by atoms with Crippen LogP contribution in [0.1, 0.15) is 51.0 Å². The molecule has 27 heavy (non-hydrogen) atoms. The minimum Gasteiger partial charge on any atom is -0.503 e. The van der Waals surface area contributed by atoms with Gasteiger partial charge in [0.05, 0.1) is 17.6 Å². The monoisotopic (exact) mass is 369 g/mol. The maximum Gasteiger partial charge on any atom is 0.252 e. The van der Waals surface area contributed by atoms with E-state index in [-0.39, 0.29) is 5.69 Å². The molecule has 2 heterocycles. The van der Waals surface area contributed by atoms with Gasteiger partial charge < -0.3 is 10.0 Å². The number of carbonyl (C=O) groups excluding carboxylic acids is 1. The largest absolute Gasteiger partial charge is 0.503 e. The van der Waals surface area contributed by atoms with Gasteiger partial charge in [0.15, 0.2) is 17.2 Å². The van der Waals surface area contributed by atoms with E-state index in [0.717, 1.165) is 37.3 Å². The standard InChI is InChI=1S/C21H27N3O3/c1-14(25)19-20(27)18(26)13-24(22-19)17-8-6-5-7-16(17)23-11-9-15(10-12-23)21(2,3)4/h5-8,13,15,26H,9-12H2,1-4H3. The van der Waals surface area contributed by atoms with E-state index >= 15 is 0 Å². The Balaban J connectivity index is 1.97. The summed E-state index contributed by atoms with van der Waals surface area (Å²) in [5, 5.41) is 14.2. The van der Waals surface area contributed by atoms with Crippen LogP contribution >= 0.6 is 0 Å². The van der Waals surface area contributed by atoms with Crippen LogP contribution in [0.4, 0.5) is 5.69 Å². The fourth-order valence-electron chi connectivity index (χ4n) is 3.74. The van der Waals surface area contributed by atoms with Gasteiger partial charge in [-0.05, 0) is 36.3 Å². The molecule has 0 radical (unpaired) electrons. The first-order valence-corrected chi connectivity index (χ1v) is 9.36. The molecule has 3 rings (SSSR count). The van der Waals surface area contributed by atoms with Crippen molar-refractivity contribution < 1.29 is 9.90 Å². The smallest absolute Gasteiger partial charge is 0.252 e. The zero-order valence-corrected chi connectivity index (χ0v) is 16.4. The Morgan fingerprint density at radius 2 is 1.74 bits per heavy atom. The molecule has 0 saturated carbocycles. The predicted molar refractivity (Wildman–Crippen MR) is 106 cm³/mol. The van der Waals surface area contributed by atoms with Gasteiger partial charge in [0.2, 0.25) is 0 Å². The maximum absolute atomic E-state index is 12.0. The van der Waals surface area contributed by atoms with Gasteiger partial charge in [-0.15, -0.1) is 0 Å². The molecule has 1 aliphatic rings. The highest BCUT2D eigenvalue weighted by Crippen LogP contribution is 2.36. The molecule has 2 aromatic rings. The number of anilines is 1. The zero-order valence-electron chi connectivity index (χ0n) is 16.4. The van der Waals surface area contributed by atoms with Gasteiger partial charge in [0.1, 0.15) is 0 Å². The summed E-state index contributed by atoms with van der Waals surface area (Å²) in [6.07, 6.45) is 3.49. The molecule has 0 aliphatic carbocycles. The number of hydrogen-bond acceptors (Lipinski definition) is 5. The lowest BCUT2D eigenvalue weighted by Crippen LogP contribution is -2.38. The minimum absolute atomic E-state index is 0.253. The van der Waals surface area contributed by atoms with E-state index in [4.69, 9.17) is 0 Å². The molecule has 0 bridgehead atoms. The van der Waals surface area contributed by atoms with Crippen molar-refractivity contribution in [1.29, 1.82) is 0 Å². The second kappa shape index (κ2) is 7.18. The number of ketones is 1. The first-order chi connectivity index (χ1) is 12.7. The number of benzene rings is 1. The SMILES string of the molecule is CC(=O)c1nn(-c2ccccc2N2CCC(C(C)(C)C)CC2)cc(O)c1=O. The molecule has 0 unspecified atom stereocenters. The lowest BCUT2D eigenvalue weighted by atomic mass is 9.75. The van der Waals surface area contributed by atoms with Crippen LogP contribution < -0.4 is 10.3 Å². The number of piperidine rings is 1. The van der Waals surface area contributed by atoms with Crippen LogP contribution in [0, 0.1) is 11.3 Å². The summed E-state index contributed by atoms with van der Waals surface area (Å²) in [6, 6.07) is 7.73. The molecule has 1 N–H and O–H groups in total. The van der Waals surface area contributed by atoms with Crippen molar-refractivity contribution in [2.24, 2.45) is 11.3 Å². The molecule has 6 heteroatoms. The number of rotatable bonds is 3. The average molecular weight is 369 g/mol. The Morgan fingerprint density at radius 1 is 1.15 bits per heavy atom. The Morgan fingerprint density at radius 3 is 2.30 bits per heavy atom. The highest BCUT2D eigenvalue weighted by atomic mass is 16.3. The van der Waals surface area contributed by atoms with Crippen LogP contribution in [-0.2, 0) is 0 Å². The van der Waals surface area contributed by atoms with Crippen molar-refractivity contribution in [2.75, 3.05) is 18.0 Å². The Kier molecular flexibility index (Phi) is 5.09. The lowest BCUT2D eigenvalue weighted by Gasteiger charge is -2.40. The Bertz CT molecular complexity index is 904. The van der Waals surface area contributed by atoms with E-state index in [1.54, 1.807) is 0 Å². The molecule has 0 atom stereocenters. The first kappa shape index (κ1) is 19.1. The van der Waals surface area contributed by atoms with Crippen LogP contribution in [0.2, 0.25) is 0 Å². The minimum atomic E-state index is -0.734. The molecule has 1 aromatic carbocycles. The summed E-state index contributed by atoms with van der Waals surface area (Å²) in [4.78, 5) is 26.0. The summed E-state index contributed by atoms with van der Waals surface area (Å²) in [6.45, 7) is 10.0. The van der Waals surface area contributed by atoms with E-state index in [0.29, 0.717) is 11.3 Å². The molecule has 1 aliphatic heterocycles. The zero-order chi connectivity index (χ0) is 19.8. The van der Waals surface area contributed by atoms with E-state index < -0.39 is 17.0 Å². The number of aromatic hydroxyl groups is 1. The van der Waals surface area contributed by atoms with Crippen LogP contribution in [0.3, 0.4) is 0 Å². The van der Waals surface area contributed by atoms with Crippen LogP contribution in [0.25, 0.3) is 5.69 Å². The van der Waals surface area contributed by atoms with Crippen LogP contribution in [0.5, 0.6) is 5.75 Å². The van der Waals surface area contributed by atoms with Gasteiger partial charge in [0, 0.05) is 20.0 Å². The van der Waals surface area contributed by atoms with E-state index in [9.17, 15) is 14.7 Å². The maximum atomic E-state index is 12.0. The Labute approximate surface area is 159 Å². The van der Waals surface area contributed by atoms with Crippen LogP contribution in [-0.4, -0.2) is 33.8 Å². The normalized spacial score (nSPS) is 15.8. The highest BCUT2D eigenvalue weighted by Gasteiger charge is 2.29. The molecular weight excluding hydrogens is 342 g/mol. The highest BCUT2D eigenvalue weighted by molar-refractivity contribution is 5.92. The molecule has 6 nitrogen and oxygen atoms in total. The molecule has 0 amide bonds. The number of aromatic nitrogens is 2. The van der Waals surface area contributed by atoms with E-state index in [2.05, 4.69) is 30.8 Å². The topological polar surface area (TPSA) is 75.4 Å². The summed E-state index contributed by atoms with van der Waals surface area (Å²) in [7, 11) is 0. The second-order valence-electron chi connectivity index (χ2n) is 8.31. The van der Waals surface area contributed by atoms with Gasteiger partial charge in [-0.25, -0.2) is 4.68 Å². The number of Topliss-reactive ketones (excluding diaryl/α,β-unsaturated/α-hetero) is 1. The van der Waals surface area contributed by atoms with Crippen molar-refractivity contribution in [1.82, 2.24) is 9.78 Å². The second-order valence-corrected chi connectivity index (χ2v) is 8.31. The molecular formula is C21H27N3O3. The average Bonchev–Trinajstić information content (AvgIpc) is 2.63. The summed E-state index contributed by atoms with van der Waals surface area (Å²) in [5.74, 6) is -0.260. The molecule has 1 aromatic heterocycles. The van der Waals surface area contributed by atoms with Gasteiger partial charge in [-0.3, -0.25) is 9.59 Å². The number of para-hydroxylation sites is 2. The quantitative estimate of drug-likeness (QED) is 0.839. The third-order valence-corrected chi connectivity index (χ3v) is 5.42. The number of carbonyl (C=O) groups is 1. The fourth-order valence-corrected chi connectivity index (χ4v) is 3.74. The van der Waals surface area contributed by atoms with Crippen molar-refractivity contribution >= 4 is 11.5 Å². The number of hydrogen-bond donors (Lipinski definition) is 1. The third-order valence-electron chi connectivity index (χ3n) is 5.42. The molecule has 144 valence electrons. The van der Waals surface area contributed by atoms with Crippen molar-refractivity contribution in [3.05, 3.63) is 46.4 Å². The lowest BCUT2D eigenvalue weighted by molar-refractivity contribution is 0.100. The predicted octanol–water partition coefficient (Wildman–Crippen LogP) is 3.40. The first-order valence-electron chi connectivity index (χ1n) is 9.36. The van der Waals surface area contributed by atoms with Crippen LogP contribution in [0.15, 0.2) is 35.3 Å². The Hall–Kier alpha value is -2.63. The fraction of sp³-hybridized carbons (Fsp3) is 0.476. The summed E-state index contributed by atoms with van der Waals surface area (Å²) < 4.78 is 1.43. The molecule has 1 saturated heterocycles. The summed E-state index contributed by atoms with van der Waals surface area (Å²) >= 11 is 0. The third kappa shape index (κ3) is 3.89. The molecule has 1 fully saturated rings. The van der Waals surface area contributed by atoms with E-state index in [1.807, 2.05) is 24.3 Å². The van der Waals surface area contributed by atoms with Crippen molar-refractivity contribution in [3.63, 3.8) is 0 Å².